The molecule has 6 nitrogen and oxygen atoms in total. The maximum Gasteiger partial charge on any atom is 0.255 e. The quantitative estimate of drug-likeness (QED) is 0.725. The average Bonchev–Trinajstić information content (AvgIpc) is 3.31. The highest BCUT2D eigenvalue weighted by atomic mass is 16.5. The lowest BCUT2D eigenvalue weighted by Gasteiger charge is -2.26. The van der Waals surface area contributed by atoms with Crippen molar-refractivity contribution in [1.82, 2.24) is 10.2 Å². The molecule has 2 aromatic carbocycles. The van der Waals surface area contributed by atoms with Crippen LogP contribution in [0.5, 0.6) is 5.75 Å². The number of hydrogen-bond donors (Lipinski definition) is 1. The van der Waals surface area contributed by atoms with Crippen LogP contribution in [0, 0.1) is 0 Å². The van der Waals surface area contributed by atoms with Crippen molar-refractivity contribution in [2.45, 2.75) is 32.0 Å². The first kappa shape index (κ1) is 20.8. The molecule has 0 aliphatic carbocycles. The van der Waals surface area contributed by atoms with Crippen LogP contribution in [-0.4, -0.2) is 56.4 Å². The monoisotopic (exact) mass is 410 g/mol. The first-order valence-corrected chi connectivity index (χ1v) is 10.8. The van der Waals surface area contributed by atoms with Gasteiger partial charge in [-0.25, -0.2) is 0 Å². The minimum Gasteiger partial charge on any atom is -0.490 e. The molecule has 1 amide bonds. The van der Waals surface area contributed by atoms with Crippen LogP contribution in [0.1, 0.15) is 34.3 Å². The number of ether oxygens (including phenoxy) is 3. The molecule has 2 aromatic rings. The second-order valence-electron chi connectivity index (χ2n) is 7.83. The molecule has 160 valence electrons. The summed E-state index contributed by atoms with van der Waals surface area (Å²) in [6.07, 6.45) is 2.20. The van der Waals surface area contributed by atoms with Crippen LogP contribution in [-0.2, 0) is 22.6 Å². The third kappa shape index (κ3) is 5.81. The SMILES string of the molecule is O=C(NCc1cccc(CN2CCOCC2)c1)c1ccccc1OCC1CCCO1. The zero-order chi connectivity index (χ0) is 20.6. The van der Waals surface area contributed by atoms with Crippen molar-refractivity contribution in [2.75, 3.05) is 39.5 Å². The van der Waals surface area contributed by atoms with Crippen molar-refractivity contribution >= 4 is 5.91 Å². The van der Waals surface area contributed by atoms with Crippen LogP contribution in [0.2, 0.25) is 0 Å². The van der Waals surface area contributed by atoms with E-state index in [1.54, 1.807) is 6.07 Å². The molecule has 1 atom stereocenters. The molecule has 0 saturated carbocycles. The van der Waals surface area contributed by atoms with Gasteiger partial charge in [0.15, 0.2) is 0 Å². The van der Waals surface area contributed by atoms with E-state index in [0.717, 1.165) is 57.9 Å². The summed E-state index contributed by atoms with van der Waals surface area (Å²) >= 11 is 0. The fraction of sp³-hybridized carbons (Fsp3) is 0.458. The van der Waals surface area contributed by atoms with Crippen molar-refractivity contribution in [3.8, 4) is 5.75 Å². The van der Waals surface area contributed by atoms with E-state index < -0.39 is 0 Å². The van der Waals surface area contributed by atoms with Gasteiger partial charge in [0.05, 0.1) is 24.9 Å². The highest BCUT2D eigenvalue weighted by Crippen LogP contribution is 2.20. The summed E-state index contributed by atoms with van der Waals surface area (Å²) in [5, 5.41) is 3.03. The summed E-state index contributed by atoms with van der Waals surface area (Å²) in [6, 6.07) is 15.8. The number of amides is 1. The summed E-state index contributed by atoms with van der Waals surface area (Å²) in [7, 11) is 0. The Labute approximate surface area is 178 Å². The maximum atomic E-state index is 12.8. The van der Waals surface area contributed by atoms with Gasteiger partial charge in [0.1, 0.15) is 12.4 Å². The summed E-state index contributed by atoms with van der Waals surface area (Å²) in [5.41, 5.74) is 2.90. The lowest BCUT2D eigenvalue weighted by Crippen LogP contribution is -2.35. The van der Waals surface area contributed by atoms with Gasteiger partial charge in [0.25, 0.3) is 5.91 Å². The van der Waals surface area contributed by atoms with Crippen molar-refractivity contribution < 1.29 is 19.0 Å². The highest BCUT2D eigenvalue weighted by Gasteiger charge is 2.18. The number of benzene rings is 2. The Kier molecular flexibility index (Phi) is 7.34. The Balaban J connectivity index is 1.32. The largest absolute Gasteiger partial charge is 0.490 e. The fourth-order valence-electron chi connectivity index (χ4n) is 3.87. The smallest absolute Gasteiger partial charge is 0.255 e. The first-order chi connectivity index (χ1) is 14.8. The van der Waals surface area contributed by atoms with E-state index in [1.807, 2.05) is 24.3 Å². The van der Waals surface area contributed by atoms with Crippen molar-refractivity contribution in [1.29, 1.82) is 0 Å². The van der Waals surface area contributed by atoms with E-state index in [9.17, 15) is 4.79 Å². The Morgan fingerprint density at radius 2 is 1.90 bits per heavy atom. The Hall–Kier alpha value is -2.41. The van der Waals surface area contributed by atoms with Crippen molar-refractivity contribution in [2.24, 2.45) is 0 Å². The van der Waals surface area contributed by atoms with Crippen LogP contribution >= 0.6 is 0 Å². The van der Waals surface area contributed by atoms with E-state index in [-0.39, 0.29) is 12.0 Å². The molecular formula is C24H30N2O4. The van der Waals surface area contributed by atoms with E-state index in [0.29, 0.717) is 24.5 Å². The van der Waals surface area contributed by atoms with Gasteiger partial charge in [-0.05, 0) is 36.1 Å². The number of hydrogen-bond acceptors (Lipinski definition) is 5. The lowest BCUT2D eigenvalue weighted by atomic mass is 10.1. The minimum absolute atomic E-state index is 0.121. The highest BCUT2D eigenvalue weighted by molar-refractivity contribution is 5.96. The molecule has 30 heavy (non-hydrogen) atoms. The number of carbonyl (C=O) groups is 1. The molecule has 0 aromatic heterocycles. The number of rotatable bonds is 8. The third-order valence-electron chi connectivity index (χ3n) is 5.53. The van der Waals surface area contributed by atoms with Crippen LogP contribution in [0.4, 0.5) is 0 Å². The average molecular weight is 411 g/mol. The number of nitrogens with one attached hydrogen (secondary N) is 1. The van der Waals surface area contributed by atoms with Crippen LogP contribution in [0.3, 0.4) is 0 Å². The molecule has 2 aliphatic rings. The predicted octanol–water partition coefficient (Wildman–Crippen LogP) is 3.01. The van der Waals surface area contributed by atoms with Crippen LogP contribution < -0.4 is 10.1 Å². The van der Waals surface area contributed by atoms with Gasteiger partial charge in [0, 0.05) is 32.8 Å². The summed E-state index contributed by atoms with van der Waals surface area (Å²) in [4.78, 5) is 15.2. The normalized spacial score (nSPS) is 19.5. The molecule has 6 heteroatoms. The molecule has 4 rings (SSSR count). The van der Waals surface area contributed by atoms with Gasteiger partial charge in [-0.1, -0.05) is 36.4 Å². The van der Waals surface area contributed by atoms with E-state index >= 15 is 0 Å². The Bertz CT molecular complexity index is 829. The third-order valence-corrected chi connectivity index (χ3v) is 5.53. The number of carbonyl (C=O) groups excluding carboxylic acids is 1. The predicted molar refractivity (Wildman–Crippen MR) is 115 cm³/mol. The molecule has 2 saturated heterocycles. The van der Waals surface area contributed by atoms with Crippen LogP contribution in [0.25, 0.3) is 0 Å². The van der Waals surface area contributed by atoms with Gasteiger partial charge >= 0.3 is 0 Å². The Morgan fingerprint density at radius 1 is 1.07 bits per heavy atom. The van der Waals surface area contributed by atoms with Gasteiger partial charge in [-0.15, -0.1) is 0 Å². The summed E-state index contributed by atoms with van der Waals surface area (Å²) in [5.74, 6) is 0.475. The number of nitrogens with zero attached hydrogens (tertiary/aromatic N) is 1. The second-order valence-corrected chi connectivity index (χ2v) is 7.83. The van der Waals surface area contributed by atoms with Gasteiger partial charge < -0.3 is 19.5 Å². The standard InChI is InChI=1S/C24H30N2O4/c27-24(22-8-1-2-9-23(22)30-18-21-7-4-12-29-21)25-16-19-5-3-6-20(15-19)17-26-10-13-28-14-11-26/h1-3,5-6,8-9,15,21H,4,7,10-14,16-18H2,(H,25,27). The lowest BCUT2D eigenvalue weighted by molar-refractivity contribution is 0.0342. The fourth-order valence-corrected chi connectivity index (χ4v) is 3.87. The van der Waals surface area contributed by atoms with Gasteiger partial charge in [-0.2, -0.15) is 0 Å². The molecule has 2 fully saturated rings. The number of morpholine rings is 1. The molecule has 2 heterocycles. The van der Waals surface area contributed by atoms with Crippen LogP contribution in [0.15, 0.2) is 48.5 Å². The van der Waals surface area contributed by atoms with Gasteiger partial charge in [-0.3, -0.25) is 9.69 Å². The Morgan fingerprint density at radius 3 is 2.73 bits per heavy atom. The van der Waals surface area contributed by atoms with E-state index in [2.05, 4.69) is 28.4 Å². The zero-order valence-electron chi connectivity index (χ0n) is 17.3. The van der Waals surface area contributed by atoms with Crippen molar-refractivity contribution in [3.05, 3.63) is 65.2 Å². The van der Waals surface area contributed by atoms with Gasteiger partial charge in [0.2, 0.25) is 0 Å². The minimum atomic E-state index is -0.128. The maximum absolute atomic E-state index is 12.8. The topological polar surface area (TPSA) is 60.0 Å². The molecule has 0 radical (unpaired) electrons. The summed E-state index contributed by atoms with van der Waals surface area (Å²) in [6.45, 7) is 6.18. The second kappa shape index (κ2) is 10.6. The molecular weight excluding hydrogens is 380 g/mol. The molecule has 0 bridgehead atoms. The number of para-hydroxylation sites is 1. The molecule has 1 N–H and O–H groups in total. The summed E-state index contributed by atoms with van der Waals surface area (Å²) < 4.78 is 16.9. The molecule has 0 spiro atoms. The first-order valence-electron chi connectivity index (χ1n) is 10.8. The molecule has 2 aliphatic heterocycles. The molecule has 1 unspecified atom stereocenters. The van der Waals surface area contributed by atoms with E-state index in [1.165, 1.54) is 5.56 Å². The van der Waals surface area contributed by atoms with E-state index in [4.69, 9.17) is 14.2 Å². The zero-order valence-corrected chi connectivity index (χ0v) is 17.3. The van der Waals surface area contributed by atoms with Crippen molar-refractivity contribution in [3.63, 3.8) is 0 Å².